The zero-order chi connectivity index (χ0) is 19.4. The van der Waals surface area contributed by atoms with Crippen LogP contribution in [0.25, 0.3) is 0 Å². The van der Waals surface area contributed by atoms with Gasteiger partial charge in [-0.2, -0.15) is 4.31 Å². The van der Waals surface area contributed by atoms with Crippen molar-refractivity contribution < 1.29 is 28.2 Å². The highest BCUT2D eigenvalue weighted by atomic mass is 32.2. The lowest BCUT2D eigenvalue weighted by molar-refractivity contribution is -0.155. The minimum Gasteiger partial charge on any atom is -0.479 e. The van der Waals surface area contributed by atoms with Gasteiger partial charge in [-0.1, -0.05) is 18.6 Å². The summed E-state index contributed by atoms with van der Waals surface area (Å²) >= 11 is 0. The summed E-state index contributed by atoms with van der Waals surface area (Å²) in [6, 6.07) is 5.19. The summed E-state index contributed by atoms with van der Waals surface area (Å²) in [6.45, 7) is 1.38. The Balaban J connectivity index is 2.13. The second kappa shape index (κ2) is 8.02. The number of amides is 2. The highest BCUT2D eigenvalue weighted by Gasteiger charge is 2.31. The SMILES string of the molecule is CC(O)(CNC(=O)Nc1ccccc1S(=O)(=O)N1CCCCC1)C(=O)O. The molecule has 10 heteroatoms. The Bertz CT molecular complexity index is 772. The lowest BCUT2D eigenvalue weighted by Crippen LogP contribution is -2.47. The minimum absolute atomic E-state index is 0.0259. The summed E-state index contributed by atoms with van der Waals surface area (Å²) in [6.07, 6.45) is 2.57. The number of para-hydroxylation sites is 1. The van der Waals surface area contributed by atoms with Crippen LogP contribution in [-0.2, 0) is 14.8 Å². The number of carboxylic acids is 1. The van der Waals surface area contributed by atoms with Gasteiger partial charge in [-0.3, -0.25) is 0 Å². The molecule has 0 radical (unpaired) electrons. The molecule has 1 saturated heterocycles. The van der Waals surface area contributed by atoms with Crippen molar-refractivity contribution in [3.63, 3.8) is 0 Å². The molecule has 0 aliphatic carbocycles. The Kier molecular flexibility index (Phi) is 6.21. The topological polar surface area (TPSA) is 136 Å². The summed E-state index contributed by atoms with van der Waals surface area (Å²) in [5.41, 5.74) is -2.04. The minimum atomic E-state index is -3.75. The van der Waals surface area contributed by atoms with Crippen LogP contribution in [0, 0.1) is 0 Å². The molecule has 2 amide bonds. The Morgan fingerprint density at radius 3 is 2.42 bits per heavy atom. The number of hydrogen-bond donors (Lipinski definition) is 4. The molecular formula is C16H23N3O6S. The predicted molar refractivity (Wildman–Crippen MR) is 94.3 cm³/mol. The van der Waals surface area contributed by atoms with Crippen LogP contribution in [0.1, 0.15) is 26.2 Å². The molecule has 1 atom stereocenters. The molecule has 1 aromatic carbocycles. The number of hydrogen-bond acceptors (Lipinski definition) is 5. The summed E-state index contributed by atoms with van der Waals surface area (Å²) < 4.78 is 27.1. The van der Waals surface area contributed by atoms with Crippen molar-refractivity contribution in [2.45, 2.75) is 36.7 Å². The van der Waals surface area contributed by atoms with E-state index >= 15 is 0 Å². The Morgan fingerprint density at radius 1 is 1.19 bits per heavy atom. The Morgan fingerprint density at radius 2 is 1.81 bits per heavy atom. The fraction of sp³-hybridized carbons (Fsp3) is 0.500. The predicted octanol–water partition coefficient (Wildman–Crippen LogP) is 0.818. The molecule has 1 heterocycles. The molecule has 1 fully saturated rings. The molecule has 2 rings (SSSR count). The van der Waals surface area contributed by atoms with Crippen molar-refractivity contribution in [2.24, 2.45) is 0 Å². The molecule has 1 aliphatic rings. The summed E-state index contributed by atoms with van der Waals surface area (Å²) in [7, 11) is -3.75. The normalized spacial score (nSPS) is 17.9. The maximum Gasteiger partial charge on any atom is 0.337 e. The zero-order valence-corrected chi connectivity index (χ0v) is 15.3. The van der Waals surface area contributed by atoms with Gasteiger partial charge in [0.2, 0.25) is 10.0 Å². The average molecular weight is 385 g/mol. The van der Waals surface area contributed by atoms with E-state index in [2.05, 4.69) is 10.6 Å². The van der Waals surface area contributed by atoms with E-state index < -0.39 is 34.2 Å². The van der Waals surface area contributed by atoms with Crippen molar-refractivity contribution >= 4 is 27.7 Å². The van der Waals surface area contributed by atoms with Gasteiger partial charge in [0.25, 0.3) is 0 Å². The quantitative estimate of drug-likeness (QED) is 0.572. The van der Waals surface area contributed by atoms with Gasteiger partial charge >= 0.3 is 12.0 Å². The first kappa shape index (κ1) is 20.1. The monoisotopic (exact) mass is 385 g/mol. The van der Waals surface area contributed by atoms with Crippen LogP contribution in [0.5, 0.6) is 0 Å². The van der Waals surface area contributed by atoms with Gasteiger partial charge in [0, 0.05) is 13.1 Å². The highest BCUT2D eigenvalue weighted by Crippen LogP contribution is 2.26. The first-order valence-electron chi connectivity index (χ1n) is 8.24. The number of piperidine rings is 1. The van der Waals surface area contributed by atoms with Gasteiger partial charge in [0.15, 0.2) is 5.60 Å². The lowest BCUT2D eigenvalue weighted by Gasteiger charge is -2.27. The van der Waals surface area contributed by atoms with Crippen LogP contribution in [0.15, 0.2) is 29.2 Å². The van der Waals surface area contributed by atoms with E-state index in [1.54, 1.807) is 12.1 Å². The molecule has 0 spiro atoms. The van der Waals surface area contributed by atoms with E-state index in [-0.39, 0.29) is 10.6 Å². The molecule has 0 bridgehead atoms. The first-order valence-corrected chi connectivity index (χ1v) is 9.68. The molecule has 1 aromatic rings. The van der Waals surface area contributed by atoms with Crippen LogP contribution in [0.3, 0.4) is 0 Å². The number of sulfonamides is 1. The fourth-order valence-electron chi connectivity index (χ4n) is 2.53. The number of benzene rings is 1. The van der Waals surface area contributed by atoms with E-state index in [9.17, 15) is 23.1 Å². The number of aliphatic hydroxyl groups is 1. The smallest absolute Gasteiger partial charge is 0.337 e. The molecule has 144 valence electrons. The van der Waals surface area contributed by atoms with E-state index in [1.807, 2.05) is 0 Å². The van der Waals surface area contributed by atoms with Gasteiger partial charge in [-0.25, -0.2) is 18.0 Å². The van der Waals surface area contributed by atoms with E-state index in [1.165, 1.54) is 16.4 Å². The molecule has 9 nitrogen and oxygen atoms in total. The third-order valence-corrected chi connectivity index (χ3v) is 6.08. The van der Waals surface area contributed by atoms with E-state index in [0.717, 1.165) is 26.2 Å². The van der Waals surface area contributed by atoms with Crippen LogP contribution in [0.2, 0.25) is 0 Å². The molecule has 26 heavy (non-hydrogen) atoms. The van der Waals surface area contributed by atoms with Crippen LogP contribution in [0.4, 0.5) is 10.5 Å². The lowest BCUT2D eigenvalue weighted by atomic mass is 10.1. The first-order chi connectivity index (χ1) is 12.1. The van der Waals surface area contributed by atoms with E-state index in [4.69, 9.17) is 5.11 Å². The maximum atomic E-state index is 12.8. The number of aliphatic carboxylic acids is 1. The number of urea groups is 1. The third-order valence-electron chi connectivity index (χ3n) is 4.12. The van der Waals surface area contributed by atoms with Gasteiger partial charge in [0.05, 0.1) is 12.2 Å². The number of anilines is 1. The summed E-state index contributed by atoms with van der Waals surface area (Å²) in [5, 5.41) is 23.1. The summed E-state index contributed by atoms with van der Waals surface area (Å²) in [5.74, 6) is -1.48. The molecule has 1 unspecified atom stereocenters. The molecule has 0 aromatic heterocycles. The van der Waals surface area contributed by atoms with Crippen molar-refractivity contribution in [3.05, 3.63) is 24.3 Å². The number of carbonyl (C=O) groups excluding carboxylic acids is 1. The molecule has 0 saturated carbocycles. The largest absolute Gasteiger partial charge is 0.479 e. The Hall–Kier alpha value is -2.17. The number of rotatable bonds is 6. The second-order valence-corrected chi connectivity index (χ2v) is 8.25. The van der Waals surface area contributed by atoms with Gasteiger partial charge < -0.3 is 20.8 Å². The number of carboxylic acid groups (broad SMARTS) is 1. The standard InChI is InChI=1S/C16H23N3O6S/c1-16(23,14(20)21)11-17-15(22)18-12-7-3-4-8-13(12)26(24,25)19-9-5-2-6-10-19/h3-4,7-8,23H,2,5-6,9-11H2,1H3,(H,20,21)(H2,17,18,22). The fourth-order valence-corrected chi connectivity index (χ4v) is 4.20. The second-order valence-electron chi connectivity index (χ2n) is 6.35. The van der Waals surface area contributed by atoms with Crippen LogP contribution >= 0.6 is 0 Å². The van der Waals surface area contributed by atoms with Gasteiger partial charge in [-0.15, -0.1) is 0 Å². The highest BCUT2D eigenvalue weighted by molar-refractivity contribution is 7.89. The van der Waals surface area contributed by atoms with Crippen LogP contribution in [-0.4, -0.2) is 60.2 Å². The van der Waals surface area contributed by atoms with Crippen LogP contribution < -0.4 is 10.6 Å². The average Bonchev–Trinajstić information content (AvgIpc) is 2.61. The van der Waals surface area contributed by atoms with Crippen molar-refractivity contribution in [1.82, 2.24) is 9.62 Å². The van der Waals surface area contributed by atoms with Gasteiger partial charge in [-0.05, 0) is 31.9 Å². The van der Waals surface area contributed by atoms with Crippen molar-refractivity contribution in [2.75, 3.05) is 25.0 Å². The third kappa shape index (κ3) is 4.71. The Labute approximate surface area is 152 Å². The van der Waals surface area contributed by atoms with E-state index in [0.29, 0.717) is 13.1 Å². The number of nitrogens with zero attached hydrogens (tertiary/aromatic N) is 1. The molecule has 1 aliphatic heterocycles. The number of carbonyl (C=O) groups is 2. The van der Waals surface area contributed by atoms with Crippen molar-refractivity contribution in [1.29, 1.82) is 0 Å². The summed E-state index contributed by atoms with van der Waals surface area (Å²) in [4.78, 5) is 22.8. The maximum absolute atomic E-state index is 12.8. The molecule has 4 N–H and O–H groups in total. The number of nitrogens with one attached hydrogen (secondary N) is 2. The van der Waals surface area contributed by atoms with Crippen molar-refractivity contribution in [3.8, 4) is 0 Å². The van der Waals surface area contributed by atoms with Gasteiger partial charge in [0.1, 0.15) is 4.90 Å². The zero-order valence-electron chi connectivity index (χ0n) is 14.4. The molecular weight excluding hydrogens is 362 g/mol.